The Morgan fingerprint density at radius 3 is 2.49 bits per heavy atom. The lowest BCUT2D eigenvalue weighted by molar-refractivity contribution is -0.133. The van der Waals surface area contributed by atoms with Crippen LogP contribution in [0.3, 0.4) is 0 Å². The minimum Gasteiger partial charge on any atom is -0.491 e. The van der Waals surface area contributed by atoms with Gasteiger partial charge in [-0.25, -0.2) is 0 Å². The quantitative estimate of drug-likeness (QED) is 0.725. The summed E-state index contributed by atoms with van der Waals surface area (Å²) in [5.74, 6) is -0.0414. The highest BCUT2D eigenvalue weighted by molar-refractivity contribution is 5.98. The molecule has 0 spiro atoms. The molecule has 0 unspecified atom stereocenters. The highest BCUT2D eigenvalue weighted by Crippen LogP contribution is 2.27. The largest absolute Gasteiger partial charge is 0.491 e. The molecular formula is C27H35N3O5. The predicted octanol–water partition coefficient (Wildman–Crippen LogP) is 3.22. The Labute approximate surface area is 207 Å². The van der Waals surface area contributed by atoms with Crippen molar-refractivity contribution < 1.29 is 23.9 Å². The van der Waals surface area contributed by atoms with Crippen molar-refractivity contribution in [2.24, 2.45) is 5.92 Å². The molecule has 35 heavy (non-hydrogen) atoms. The van der Waals surface area contributed by atoms with Crippen molar-refractivity contribution in [3.63, 3.8) is 0 Å². The minimum absolute atomic E-state index is 0.0164. The van der Waals surface area contributed by atoms with Gasteiger partial charge in [-0.1, -0.05) is 37.3 Å². The van der Waals surface area contributed by atoms with Crippen LogP contribution in [0, 0.1) is 5.92 Å². The molecule has 0 bridgehead atoms. The third-order valence-electron chi connectivity index (χ3n) is 6.34. The van der Waals surface area contributed by atoms with Gasteiger partial charge in [0.15, 0.2) is 0 Å². The van der Waals surface area contributed by atoms with Crippen molar-refractivity contribution >= 4 is 23.4 Å². The molecule has 0 aromatic heterocycles. The molecule has 2 aromatic carbocycles. The molecule has 2 aromatic rings. The number of amides is 3. The first-order valence-electron chi connectivity index (χ1n) is 11.9. The van der Waals surface area contributed by atoms with Crippen LogP contribution in [0.2, 0.25) is 0 Å². The summed E-state index contributed by atoms with van der Waals surface area (Å²) in [6, 6.07) is 14.3. The van der Waals surface area contributed by atoms with Gasteiger partial charge in [0.2, 0.25) is 11.8 Å². The van der Waals surface area contributed by atoms with Gasteiger partial charge in [-0.2, -0.15) is 0 Å². The predicted molar refractivity (Wildman–Crippen MR) is 134 cm³/mol. The fourth-order valence-corrected chi connectivity index (χ4v) is 4.27. The van der Waals surface area contributed by atoms with Crippen LogP contribution in [0.15, 0.2) is 48.5 Å². The van der Waals surface area contributed by atoms with E-state index in [0.29, 0.717) is 30.1 Å². The van der Waals surface area contributed by atoms with Crippen LogP contribution in [0.5, 0.6) is 5.75 Å². The summed E-state index contributed by atoms with van der Waals surface area (Å²) in [5.41, 5.74) is 1.83. The van der Waals surface area contributed by atoms with Gasteiger partial charge >= 0.3 is 0 Å². The number of nitrogens with one attached hydrogen (secondary N) is 1. The number of rotatable bonds is 4. The van der Waals surface area contributed by atoms with E-state index in [9.17, 15) is 14.4 Å². The SMILES string of the molecule is CO[C@@H]1CN(C)C(=O)c2ccc(NC(=O)Cc3ccccc3)cc2OC[C@@H](C)N(C(C)=O)C[C@H]1C. The summed E-state index contributed by atoms with van der Waals surface area (Å²) in [5, 5.41) is 2.88. The van der Waals surface area contributed by atoms with E-state index in [-0.39, 0.29) is 48.8 Å². The zero-order chi connectivity index (χ0) is 25.5. The van der Waals surface area contributed by atoms with Crippen molar-refractivity contribution in [2.45, 2.75) is 39.3 Å². The number of likely N-dealkylation sites (N-methyl/N-ethyl adjacent to an activating group) is 1. The molecule has 1 N–H and O–H groups in total. The van der Waals surface area contributed by atoms with E-state index < -0.39 is 0 Å². The fourth-order valence-electron chi connectivity index (χ4n) is 4.27. The standard InChI is InChI=1S/C27H35N3O5/c1-18-15-30(20(3)31)19(2)17-35-24-14-22(28-26(32)13-21-9-7-6-8-10-21)11-12-23(24)27(33)29(4)16-25(18)34-5/h6-12,14,18-19,25H,13,15-17H2,1-5H3,(H,28,32)/t18-,19-,25-/m1/s1. The van der Waals surface area contributed by atoms with Gasteiger partial charge < -0.3 is 24.6 Å². The number of methoxy groups -OCH3 is 1. The van der Waals surface area contributed by atoms with Crippen LogP contribution in [-0.4, -0.2) is 73.5 Å². The van der Waals surface area contributed by atoms with Gasteiger partial charge in [0.05, 0.1) is 24.1 Å². The molecule has 0 fully saturated rings. The third kappa shape index (κ3) is 6.82. The smallest absolute Gasteiger partial charge is 0.257 e. The molecule has 3 atom stereocenters. The molecule has 0 radical (unpaired) electrons. The monoisotopic (exact) mass is 481 g/mol. The lowest BCUT2D eigenvalue weighted by Gasteiger charge is -2.35. The van der Waals surface area contributed by atoms with Crippen LogP contribution in [0.1, 0.15) is 36.7 Å². The van der Waals surface area contributed by atoms with E-state index in [1.165, 1.54) is 0 Å². The number of nitrogens with zero attached hydrogens (tertiary/aromatic N) is 2. The number of benzene rings is 2. The molecule has 188 valence electrons. The van der Waals surface area contributed by atoms with Crippen molar-refractivity contribution in [3.05, 3.63) is 59.7 Å². The van der Waals surface area contributed by atoms with E-state index in [0.717, 1.165) is 5.56 Å². The zero-order valence-corrected chi connectivity index (χ0v) is 21.1. The van der Waals surface area contributed by atoms with Crippen LogP contribution in [-0.2, 0) is 20.7 Å². The highest BCUT2D eigenvalue weighted by atomic mass is 16.5. The number of carbonyl (C=O) groups excluding carboxylic acids is 3. The van der Waals surface area contributed by atoms with Gasteiger partial charge in [0, 0.05) is 51.8 Å². The number of fused-ring (bicyclic) bond motifs is 1. The third-order valence-corrected chi connectivity index (χ3v) is 6.34. The van der Waals surface area contributed by atoms with Gasteiger partial charge in [-0.15, -0.1) is 0 Å². The Balaban J connectivity index is 1.88. The molecule has 3 rings (SSSR count). The molecule has 0 saturated heterocycles. The van der Waals surface area contributed by atoms with Gasteiger partial charge in [0.25, 0.3) is 5.91 Å². The fraction of sp³-hybridized carbons (Fsp3) is 0.444. The number of carbonyl (C=O) groups is 3. The van der Waals surface area contributed by atoms with Crippen molar-refractivity contribution in [2.75, 3.05) is 39.2 Å². The molecule has 0 aliphatic carbocycles. The normalized spacial score (nSPS) is 21.3. The number of anilines is 1. The summed E-state index contributed by atoms with van der Waals surface area (Å²) in [4.78, 5) is 41.6. The Kier molecular flexibility index (Phi) is 8.87. The van der Waals surface area contributed by atoms with Gasteiger partial charge in [0.1, 0.15) is 12.4 Å². The average Bonchev–Trinajstić information content (AvgIpc) is 2.83. The Morgan fingerprint density at radius 1 is 1.11 bits per heavy atom. The Bertz CT molecular complexity index is 1040. The molecule has 0 saturated carbocycles. The molecule has 3 amide bonds. The number of ether oxygens (including phenoxy) is 2. The summed E-state index contributed by atoms with van der Waals surface area (Å²) in [7, 11) is 3.34. The second-order valence-corrected chi connectivity index (χ2v) is 9.19. The maximum absolute atomic E-state index is 13.3. The molecular weight excluding hydrogens is 446 g/mol. The van der Waals surface area contributed by atoms with E-state index in [1.807, 2.05) is 44.2 Å². The first-order chi connectivity index (χ1) is 16.7. The average molecular weight is 482 g/mol. The summed E-state index contributed by atoms with van der Waals surface area (Å²) in [6.07, 6.45) is 0.0000990. The molecule has 1 heterocycles. The molecule has 8 heteroatoms. The maximum atomic E-state index is 13.3. The number of hydrogen-bond acceptors (Lipinski definition) is 5. The maximum Gasteiger partial charge on any atom is 0.257 e. The topological polar surface area (TPSA) is 88.2 Å². The summed E-state index contributed by atoms with van der Waals surface area (Å²) in [6.45, 7) is 6.53. The highest BCUT2D eigenvalue weighted by Gasteiger charge is 2.29. The van der Waals surface area contributed by atoms with E-state index in [1.54, 1.807) is 49.1 Å². The van der Waals surface area contributed by atoms with Gasteiger partial charge in [-0.05, 0) is 24.6 Å². The lowest BCUT2D eigenvalue weighted by atomic mass is 10.0. The van der Waals surface area contributed by atoms with Gasteiger partial charge in [-0.3, -0.25) is 14.4 Å². The van der Waals surface area contributed by atoms with Crippen molar-refractivity contribution in [1.82, 2.24) is 9.80 Å². The molecule has 8 nitrogen and oxygen atoms in total. The van der Waals surface area contributed by atoms with Crippen molar-refractivity contribution in [3.8, 4) is 5.75 Å². The summed E-state index contributed by atoms with van der Waals surface area (Å²) < 4.78 is 11.8. The first-order valence-corrected chi connectivity index (χ1v) is 11.9. The number of hydrogen-bond donors (Lipinski definition) is 1. The van der Waals surface area contributed by atoms with Crippen LogP contribution >= 0.6 is 0 Å². The van der Waals surface area contributed by atoms with E-state index in [2.05, 4.69) is 5.32 Å². The second kappa shape index (κ2) is 11.8. The van der Waals surface area contributed by atoms with E-state index >= 15 is 0 Å². The van der Waals surface area contributed by atoms with Crippen LogP contribution in [0.4, 0.5) is 5.69 Å². The lowest BCUT2D eigenvalue weighted by Crippen LogP contribution is -2.48. The summed E-state index contributed by atoms with van der Waals surface area (Å²) >= 11 is 0. The second-order valence-electron chi connectivity index (χ2n) is 9.19. The Morgan fingerprint density at radius 2 is 1.83 bits per heavy atom. The van der Waals surface area contributed by atoms with Crippen LogP contribution < -0.4 is 10.1 Å². The van der Waals surface area contributed by atoms with Crippen LogP contribution in [0.25, 0.3) is 0 Å². The molecule has 1 aliphatic rings. The molecule has 1 aliphatic heterocycles. The van der Waals surface area contributed by atoms with E-state index in [4.69, 9.17) is 9.47 Å². The minimum atomic E-state index is -0.238. The zero-order valence-electron chi connectivity index (χ0n) is 21.1. The van der Waals surface area contributed by atoms with Crippen molar-refractivity contribution in [1.29, 1.82) is 0 Å². The first kappa shape index (κ1) is 26.2. The Hall–Kier alpha value is -3.39.